The molecule has 0 amide bonds. The minimum atomic E-state index is -0.737. The Morgan fingerprint density at radius 3 is 2.47 bits per heavy atom. The van der Waals surface area contributed by atoms with Gasteiger partial charge in [-0.1, -0.05) is 30.3 Å². The lowest BCUT2D eigenvalue weighted by Gasteiger charge is -2.05. The van der Waals surface area contributed by atoms with Crippen molar-refractivity contribution in [2.45, 2.75) is 32.2 Å². The minimum absolute atomic E-state index is 0.285. The Balaban J connectivity index is 1.64. The first-order valence-corrected chi connectivity index (χ1v) is 6.50. The largest absolute Gasteiger partial charge is 0.410 e. The summed E-state index contributed by atoms with van der Waals surface area (Å²) in [5, 5.41) is 0. The number of cyclic esters (lactones) is 1. The normalized spacial score (nSPS) is 17.2. The summed E-state index contributed by atoms with van der Waals surface area (Å²) in [5.74, 6) is 0.196. The Morgan fingerprint density at radius 1 is 1.16 bits per heavy atom. The third-order valence-corrected chi connectivity index (χ3v) is 2.95. The van der Waals surface area contributed by atoms with Gasteiger partial charge >= 0.3 is 5.97 Å². The van der Waals surface area contributed by atoms with E-state index in [-0.39, 0.29) is 5.97 Å². The number of hydrogen-bond acceptors (Lipinski definition) is 4. The lowest BCUT2D eigenvalue weighted by molar-refractivity contribution is -0.138. The van der Waals surface area contributed by atoms with Crippen molar-refractivity contribution in [3.05, 3.63) is 35.9 Å². The summed E-state index contributed by atoms with van der Waals surface area (Å²) < 4.78 is 10.6. The van der Waals surface area contributed by atoms with Gasteiger partial charge in [0, 0.05) is 6.42 Å². The standard InChI is InChI=1S/C15H19NO3/c1-15(2)14(17)19-13(16-15)9-11-18-10-8-12-6-4-3-5-7-12/h3-7H,8-11H2,1-2H3. The average Bonchev–Trinajstić information content (AvgIpc) is 2.64. The number of carbonyl (C=O) groups is 1. The van der Waals surface area contributed by atoms with Crippen LogP contribution in [0.2, 0.25) is 0 Å². The first kappa shape index (κ1) is 13.7. The molecule has 1 aromatic rings. The predicted octanol–water partition coefficient (Wildman–Crippen LogP) is 2.37. The first-order valence-electron chi connectivity index (χ1n) is 6.50. The van der Waals surface area contributed by atoms with Gasteiger partial charge in [0.05, 0.1) is 13.2 Å². The van der Waals surface area contributed by atoms with Crippen LogP contribution in [0.5, 0.6) is 0 Å². The lowest BCUT2D eigenvalue weighted by atomic mass is 10.1. The van der Waals surface area contributed by atoms with Gasteiger partial charge in [0.25, 0.3) is 0 Å². The minimum Gasteiger partial charge on any atom is -0.410 e. The summed E-state index contributed by atoms with van der Waals surface area (Å²) in [4.78, 5) is 15.6. The molecule has 4 heteroatoms. The number of aliphatic imine (C=N–C) groups is 1. The molecule has 0 saturated heterocycles. The lowest BCUT2D eigenvalue weighted by Crippen LogP contribution is -2.25. The highest BCUT2D eigenvalue weighted by Gasteiger charge is 2.36. The van der Waals surface area contributed by atoms with Gasteiger partial charge in [-0.15, -0.1) is 0 Å². The molecule has 102 valence electrons. The molecule has 0 saturated carbocycles. The molecule has 0 fully saturated rings. The molecule has 0 N–H and O–H groups in total. The summed E-state index contributed by atoms with van der Waals surface area (Å²) in [6, 6.07) is 10.2. The van der Waals surface area contributed by atoms with E-state index in [1.807, 2.05) is 18.2 Å². The van der Waals surface area contributed by atoms with Crippen molar-refractivity contribution in [2.75, 3.05) is 13.2 Å². The van der Waals surface area contributed by atoms with Crippen LogP contribution < -0.4 is 0 Å². The van der Waals surface area contributed by atoms with Crippen LogP contribution in [-0.4, -0.2) is 30.6 Å². The van der Waals surface area contributed by atoms with E-state index >= 15 is 0 Å². The van der Waals surface area contributed by atoms with Crippen molar-refractivity contribution < 1.29 is 14.3 Å². The number of benzene rings is 1. The zero-order chi connectivity index (χ0) is 13.7. The molecule has 2 rings (SSSR count). The van der Waals surface area contributed by atoms with Crippen LogP contribution in [0.25, 0.3) is 0 Å². The van der Waals surface area contributed by atoms with Crippen LogP contribution >= 0.6 is 0 Å². The van der Waals surface area contributed by atoms with Crippen molar-refractivity contribution in [3.8, 4) is 0 Å². The van der Waals surface area contributed by atoms with Crippen LogP contribution in [0.1, 0.15) is 25.8 Å². The first-order chi connectivity index (χ1) is 9.08. The Kier molecular flexibility index (Phi) is 4.32. The molecule has 1 heterocycles. The fourth-order valence-corrected chi connectivity index (χ4v) is 1.82. The number of carbonyl (C=O) groups excluding carboxylic acids is 1. The maximum atomic E-state index is 11.4. The van der Waals surface area contributed by atoms with Crippen molar-refractivity contribution in [1.82, 2.24) is 0 Å². The summed E-state index contributed by atoms with van der Waals surface area (Å²) in [7, 11) is 0. The van der Waals surface area contributed by atoms with E-state index in [2.05, 4.69) is 17.1 Å². The predicted molar refractivity (Wildman–Crippen MR) is 73.2 cm³/mol. The van der Waals surface area contributed by atoms with E-state index in [9.17, 15) is 4.79 Å². The summed E-state index contributed by atoms with van der Waals surface area (Å²) in [5.41, 5.74) is 0.521. The monoisotopic (exact) mass is 261 g/mol. The van der Waals surface area contributed by atoms with Gasteiger partial charge in [-0.25, -0.2) is 9.79 Å². The van der Waals surface area contributed by atoms with Crippen LogP contribution in [-0.2, 0) is 20.7 Å². The summed E-state index contributed by atoms with van der Waals surface area (Å²) in [6.07, 6.45) is 1.43. The molecule has 0 atom stereocenters. The third-order valence-electron chi connectivity index (χ3n) is 2.95. The van der Waals surface area contributed by atoms with Crippen molar-refractivity contribution >= 4 is 11.9 Å². The van der Waals surface area contributed by atoms with Gasteiger partial charge in [-0.3, -0.25) is 0 Å². The van der Waals surface area contributed by atoms with E-state index in [4.69, 9.17) is 9.47 Å². The van der Waals surface area contributed by atoms with E-state index in [1.54, 1.807) is 13.8 Å². The number of nitrogens with zero attached hydrogens (tertiary/aromatic N) is 1. The van der Waals surface area contributed by atoms with E-state index in [1.165, 1.54) is 5.56 Å². The smallest absolute Gasteiger partial charge is 0.340 e. The average molecular weight is 261 g/mol. The van der Waals surface area contributed by atoms with Gasteiger partial charge in [0.1, 0.15) is 0 Å². The van der Waals surface area contributed by atoms with Gasteiger partial charge in [-0.2, -0.15) is 0 Å². The fourth-order valence-electron chi connectivity index (χ4n) is 1.82. The summed E-state index contributed by atoms with van der Waals surface area (Å²) >= 11 is 0. The Labute approximate surface area is 113 Å². The SMILES string of the molecule is CC1(C)N=C(CCOCCc2ccccc2)OC1=O. The van der Waals surface area contributed by atoms with E-state index in [0.717, 1.165) is 6.42 Å². The second-order valence-corrected chi connectivity index (χ2v) is 5.05. The molecule has 0 aromatic heterocycles. The van der Waals surface area contributed by atoms with E-state index in [0.29, 0.717) is 25.5 Å². The Morgan fingerprint density at radius 2 is 1.84 bits per heavy atom. The third kappa shape index (κ3) is 3.89. The van der Waals surface area contributed by atoms with Crippen molar-refractivity contribution in [2.24, 2.45) is 4.99 Å². The quantitative estimate of drug-likeness (QED) is 0.583. The molecule has 0 bridgehead atoms. The fraction of sp³-hybridized carbons (Fsp3) is 0.467. The van der Waals surface area contributed by atoms with Gasteiger partial charge in [-0.05, 0) is 25.8 Å². The van der Waals surface area contributed by atoms with Crippen LogP contribution in [0, 0.1) is 0 Å². The zero-order valence-corrected chi connectivity index (χ0v) is 11.4. The highest BCUT2D eigenvalue weighted by molar-refractivity contribution is 5.99. The number of esters is 1. The highest BCUT2D eigenvalue weighted by Crippen LogP contribution is 2.19. The second kappa shape index (κ2) is 5.97. The molecular formula is C15H19NO3. The molecular weight excluding hydrogens is 242 g/mol. The molecule has 0 spiro atoms. The number of ether oxygens (including phenoxy) is 2. The molecule has 1 aliphatic heterocycles. The zero-order valence-electron chi connectivity index (χ0n) is 11.4. The molecule has 1 aromatic carbocycles. The van der Waals surface area contributed by atoms with Crippen molar-refractivity contribution in [3.63, 3.8) is 0 Å². The number of hydrogen-bond donors (Lipinski definition) is 0. The molecule has 0 unspecified atom stereocenters. The van der Waals surface area contributed by atoms with Gasteiger partial charge in [0.15, 0.2) is 11.4 Å². The van der Waals surface area contributed by atoms with Crippen molar-refractivity contribution in [1.29, 1.82) is 0 Å². The van der Waals surface area contributed by atoms with Crippen LogP contribution in [0.4, 0.5) is 0 Å². The highest BCUT2D eigenvalue weighted by atomic mass is 16.6. The molecule has 0 aliphatic carbocycles. The van der Waals surface area contributed by atoms with E-state index < -0.39 is 5.54 Å². The Hall–Kier alpha value is -1.68. The van der Waals surface area contributed by atoms with Crippen LogP contribution in [0.3, 0.4) is 0 Å². The molecule has 0 radical (unpaired) electrons. The number of rotatable bonds is 6. The Bertz CT molecular complexity index is 466. The van der Waals surface area contributed by atoms with Crippen LogP contribution in [0.15, 0.2) is 35.3 Å². The molecule has 1 aliphatic rings. The molecule has 19 heavy (non-hydrogen) atoms. The maximum Gasteiger partial charge on any atom is 0.340 e. The summed E-state index contributed by atoms with van der Waals surface area (Å²) in [6.45, 7) is 4.68. The van der Waals surface area contributed by atoms with Gasteiger partial charge < -0.3 is 9.47 Å². The van der Waals surface area contributed by atoms with Gasteiger partial charge in [0.2, 0.25) is 0 Å². The molecule has 4 nitrogen and oxygen atoms in total. The maximum absolute atomic E-state index is 11.4. The second-order valence-electron chi connectivity index (χ2n) is 5.05. The topological polar surface area (TPSA) is 47.9 Å².